The van der Waals surface area contributed by atoms with Crippen molar-refractivity contribution in [2.75, 3.05) is 4.31 Å². The highest BCUT2D eigenvalue weighted by Gasteiger charge is 2.25. The SMILES string of the molecule is CC[C@H](NC(=O)c1ccc(CN(c2ccccc2)S(=O)(=O)c2ccccc2)cc1)c1ccc2c(c1)CCCC2. The van der Waals surface area contributed by atoms with Gasteiger partial charge in [-0.2, -0.15) is 0 Å². The number of anilines is 1. The van der Waals surface area contributed by atoms with Crippen molar-refractivity contribution in [3.8, 4) is 0 Å². The molecule has 1 N–H and O–H groups in total. The fraction of sp³-hybridized carbons (Fsp3) is 0.242. The van der Waals surface area contributed by atoms with E-state index < -0.39 is 10.0 Å². The Labute approximate surface area is 231 Å². The van der Waals surface area contributed by atoms with Gasteiger partial charge in [-0.05, 0) is 90.8 Å². The maximum absolute atomic E-state index is 13.6. The maximum atomic E-state index is 13.6. The van der Waals surface area contributed by atoms with Gasteiger partial charge in [0.25, 0.3) is 15.9 Å². The molecule has 5 nitrogen and oxygen atoms in total. The lowest BCUT2D eigenvalue weighted by molar-refractivity contribution is 0.0935. The fourth-order valence-corrected chi connectivity index (χ4v) is 6.66. The largest absolute Gasteiger partial charge is 0.345 e. The van der Waals surface area contributed by atoms with Gasteiger partial charge >= 0.3 is 0 Å². The molecule has 0 radical (unpaired) electrons. The number of amides is 1. The van der Waals surface area contributed by atoms with Crippen molar-refractivity contribution in [2.45, 2.75) is 56.5 Å². The Morgan fingerprint density at radius 1 is 0.821 bits per heavy atom. The average Bonchev–Trinajstić information content (AvgIpc) is 2.99. The summed E-state index contributed by atoms with van der Waals surface area (Å²) in [6, 6.07) is 31.3. The summed E-state index contributed by atoms with van der Waals surface area (Å²) in [6.07, 6.45) is 5.51. The van der Waals surface area contributed by atoms with Crippen molar-refractivity contribution < 1.29 is 13.2 Å². The summed E-state index contributed by atoms with van der Waals surface area (Å²) < 4.78 is 28.5. The van der Waals surface area contributed by atoms with Gasteiger partial charge in [-0.15, -0.1) is 0 Å². The van der Waals surface area contributed by atoms with E-state index in [1.165, 1.54) is 28.3 Å². The molecule has 1 aliphatic rings. The normalized spacial score (nSPS) is 13.8. The van der Waals surface area contributed by atoms with Crippen LogP contribution >= 0.6 is 0 Å². The van der Waals surface area contributed by atoms with Gasteiger partial charge in [0, 0.05) is 5.56 Å². The second-order valence-corrected chi connectivity index (χ2v) is 11.9. The predicted molar refractivity (Wildman–Crippen MR) is 156 cm³/mol. The van der Waals surface area contributed by atoms with Crippen molar-refractivity contribution in [3.63, 3.8) is 0 Å². The second-order valence-electron chi connectivity index (χ2n) is 10.0. The molecule has 0 aliphatic heterocycles. The molecule has 1 atom stereocenters. The standard InChI is InChI=1S/C33H34N2O3S/c1-2-32(29-22-21-26-11-9-10-12-28(26)23-29)34-33(36)27-19-17-25(18-20-27)24-35(30-13-5-3-6-14-30)39(37,38)31-15-7-4-8-16-31/h3-8,13-23,32H,2,9-12,24H2,1H3,(H,34,36)/t32-/m0/s1. The van der Waals surface area contributed by atoms with E-state index in [1.807, 2.05) is 30.3 Å². The van der Waals surface area contributed by atoms with E-state index in [9.17, 15) is 13.2 Å². The number of benzene rings is 4. The summed E-state index contributed by atoms with van der Waals surface area (Å²) in [4.78, 5) is 13.4. The van der Waals surface area contributed by atoms with Crippen LogP contribution in [0.25, 0.3) is 0 Å². The second kappa shape index (κ2) is 11.9. The van der Waals surface area contributed by atoms with Gasteiger partial charge in [0.2, 0.25) is 0 Å². The molecule has 39 heavy (non-hydrogen) atoms. The van der Waals surface area contributed by atoms with Crippen LogP contribution < -0.4 is 9.62 Å². The molecule has 1 amide bonds. The van der Waals surface area contributed by atoms with Crippen molar-refractivity contribution in [1.29, 1.82) is 0 Å². The molecule has 0 fully saturated rings. The minimum Gasteiger partial charge on any atom is -0.345 e. The van der Waals surface area contributed by atoms with Gasteiger partial charge in [0.1, 0.15) is 0 Å². The summed E-state index contributed by atoms with van der Waals surface area (Å²) >= 11 is 0. The third-order valence-corrected chi connectivity index (χ3v) is 9.19. The third kappa shape index (κ3) is 6.07. The van der Waals surface area contributed by atoms with Crippen LogP contribution in [-0.4, -0.2) is 14.3 Å². The molecule has 4 aromatic carbocycles. The monoisotopic (exact) mass is 538 g/mol. The Balaban J connectivity index is 1.33. The van der Waals surface area contributed by atoms with E-state index in [4.69, 9.17) is 0 Å². The van der Waals surface area contributed by atoms with Gasteiger partial charge in [-0.25, -0.2) is 8.42 Å². The Hall–Kier alpha value is -3.90. The van der Waals surface area contributed by atoms with E-state index in [1.54, 1.807) is 54.6 Å². The molecule has 0 saturated carbocycles. The van der Waals surface area contributed by atoms with E-state index in [0.29, 0.717) is 11.3 Å². The van der Waals surface area contributed by atoms with Gasteiger partial charge in [-0.1, -0.05) is 73.7 Å². The number of rotatable bonds is 9. The molecule has 6 heteroatoms. The van der Waals surface area contributed by atoms with Gasteiger partial charge < -0.3 is 5.32 Å². The Kier molecular flexibility index (Phi) is 8.13. The Morgan fingerprint density at radius 3 is 2.13 bits per heavy atom. The molecule has 0 heterocycles. The van der Waals surface area contributed by atoms with E-state index >= 15 is 0 Å². The number of sulfonamides is 1. The molecule has 1 aliphatic carbocycles. The molecule has 0 spiro atoms. The summed E-state index contributed by atoms with van der Waals surface area (Å²) in [7, 11) is -3.78. The van der Waals surface area contributed by atoms with Crippen molar-refractivity contribution in [1.82, 2.24) is 5.32 Å². The smallest absolute Gasteiger partial charge is 0.264 e. The number of aryl methyl sites for hydroxylation is 2. The predicted octanol–water partition coefficient (Wildman–Crippen LogP) is 6.84. The molecular weight excluding hydrogens is 504 g/mol. The highest BCUT2D eigenvalue weighted by atomic mass is 32.2. The number of hydrogen-bond acceptors (Lipinski definition) is 3. The molecule has 5 rings (SSSR count). The lowest BCUT2D eigenvalue weighted by atomic mass is 9.88. The third-order valence-electron chi connectivity index (χ3n) is 7.41. The number of nitrogens with one attached hydrogen (secondary N) is 1. The first kappa shape index (κ1) is 26.7. The minimum absolute atomic E-state index is 0.0611. The van der Waals surface area contributed by atoms with Crippen molar-refractivity contribution >= 4 is 21.6 Å². The number of carbonyl (C=O) groups excluding carboxylic acids is 1. The first-order valence-electron chi connectivity index (χ1n) is 13.6. The summed E-state index contributed by atoms with van der Waals surface area (Å²) in [5.74, 6) is -0.136. The van der Waals surface area contributed by atoms with E-state index in [2.05, 4.69) is 30.4 Å². The minimum atomic E-state index is -3.78. The number of fused-ring (bicyclic) bond motifs is 1. The zero-order chi connectivity index (χ0) is 27.2. The molecule has 0 aromatic heterocycles. The highest BCUT2D eigenvalue weighted by Crippen LogP contribution is 2.28. The molecule has 0 unspecified atom stereocenters. The van der Waals surface area contributed by atoms with Crippen molar-refractivity contribution in [3.05, 3.63) is 131 Å². The molecule has 200 valence electrons. The quantitative estimate of drug-likeness (QED) is 0.254. The molecular formula is C33H34N2O3S. The van der Waals surface area contributed by atoms with E-state index in [-0.39, 0.29) is 23.4 Å². The number of hydrogen-bond donors (Lipinski definition) is 1. The summed E-state index contributed by atoms with van der Waals surface area (Å²) in [5, 5.41) is 3.19. The van der Waals surface area contributed by atoms with Crippen LogP contribution in [-0.2, 0) is 29.4 Å². The highest BCUT2D eigenvalue weighted by molar-refractivity contribution is 7.92. The fourth-order valence-electron chi connectivity index (χ4n) is 5.19. The van der Waals surface area contributed by atoms with Crippen LogP contribution in [0.1, 0.15) is 64.8 Å². The number of para-hydroxylation sites is 1. The first-order valence-corrected chi connectivity index (χ1v) is 15.0. The molecule has 4 aromatic rings. The van der Waals surface area contributed by atoms with Gasteiger partial charge in [0.15, 0.2) is 0 Å². The number of nitrogens with zero attached hydrogens (tertiary/aromatic N) is 1. The van der Waals surface area contributed by atoms with E-state index in [0.717, 1.165) is 30.4 Å². The molecule has 0 saturated heterocycles. The van der Waals surface area contributed by atoms with Crippen LogP contribution in [0.3, 0.4) is 0 Å². The first-order chi connectivity index (χ1) is 19.0. The summed E-state index contributed by atoms with van der Waals surface area (Å²) in [5.41, 5.74) is 5.90. The summed E-state index contributed by atoms with van der Waals surface area (Å²) in [6.45, 7) is 2.23. The van der Waals surface area contributed by atoms with Crippen LogP contribution in [0.5, 0.6) is 0 Å². The number of carbonyl (C=O) groups is 1. The van der Waals surface area contributed by atoms with Crippen molar-refractivity contribution in [2.24, 2.45) is 0 Å². The average molecular weight is 539 g/mol. The van der Waals surface area contributed by atoms with Gasteiger partial charge in [-0.3, -0.25) is 9.10 Å². The van der Waals surface area contributed by atoms with Gasteiger partial charge in [0.05, 0.1) is 23.2 Å². The van der Waals surface area contributed by atoms with Crippen LogP contribution in [0.4, 0.5) is 5.69 Å². The lowest BCUT2D eigenvalue weighted by Gasteiger charge is -2.25. The Bertz CT molecular complexity index is 1520. The van der Waals surface area contributed by atoms with Crippen LogP contribution in [0, 0.1) is 0 Å². The molecule has 0 bridgehead atoms. The topological polar surface area (TPSA) is 66.5 Å². The van der Waals surface area contributed by atoms with Crippen LogP contribution in [0.15, 0.2) is 108 Å². The lowest BCUT2D eigenvalue weighted by Crippen LogP contribution is -2.30. The maximum Gasteiger partial charge on any atom is 0.264 e. The zero-order valence-electron chi connectivity index (χ0n) is 22.2. The van der Waals surface area contributed by atoms with Crippen LogP contribution in [0.2, 0.25) is 0 Å². The Morgan fingerprint density at radius 2 is 1.46 bits per heavy atom. The zero-order valence-corrected chi connectivity index (χ0v) is 23.0.